The number of halogens is 5. The molecule has 1 saturated heterocycles. The Bertz CT molecular complexity index is 1170. The molecule has 1 aliphatic rings. The van der Waals surface area contributed by atoms with Crippen LogP contribution in [0.25, 0.3) is 0 Å². The van der Waals surface area contributed by atoms with Crippen LogP contribution in [0.4, 0.5) is 18.9 Å². The average molecular weight is 569 g/mol. The van der Waals surface area contributed by atoms with E-state index in [1.165, 1.54) is 24.3 Å². The van der Waals surface area contributed by atoms with E-state index in [0.29, 0.717) is 25.9 Å². The molecule has 0 aliphatic carbocycles. The van der Waals surface area contributed by atoms with Crippen molar-refractivity contribution in [1.82, 2.24) is 4.90 Å². The van der Waals surface area contributed by atoms with Gasteiger partial charge in [0.05, 0.1) is 22.9 Å². The Hall–Kier alpha value is -2.37. The third kappa shape index (κ3) is 6.89. The highest BCUT2D eigenvalue weighted by Crippen LogP contribution is 2.38. The Balaban J connectivity index is 0.00000456. The summed E-state index contributed by atoms with van der Waals surface area (Å²) in [6.07, 6.45) is -3.37. The monoisotopic (exact) mass is 568 g/mol. The molecule has 1 heterocycles. The summed E-state index contributed by atoms with van der Waals surface area (Å²) in [6.45, 7) is 4.42. The van der Waals surface area contributed by atoms with Gasteiger partial charge in [-0.3, -0.25) is 9.71 Å². The van der Waals surface area contributed by atoms with Crippen molar-refractivity contribution >= 4 is 45.7 Å². The maximum Gasteiger partial charge on any atom is 0.416 e. The summed E-state index contributed by atoms with van der Waals surface area (Å²) >= 11 is 6.11. The van der Waals surface area contributed by atoms with Gasteiger partial charge in [0.1, 0.15) is 10.6 Å². The van der Waals surface area contributed by atoms with Gasteiger partial charge in [-0.05, 0) is 56.9 Å². The van der Waals surface area contributed by atoms with Gasteiger partial charge < -0.3 is 15.4 Å². The van der Waals surface area contributed by atoms with Gasteiger partial charge in [-0.25, -0.2) is 8.42 Å². The normalized spacial score (nSPS) is 14.9. The highest BCUT2D eigenvalue weighted by molar-refractivity contribution is 7.93. The topological polar surface area (TPSA) is 99.7 Å². The Morgan fingerprint density at radius 2 is 1.83 bits per heavy atom. The zero-order valence-electron chi connectivity index (χ0n) is 19.8. The smallest absolute Gasteiger partial charge is 0.416 e. The number of nitrogens with one attached hydrogen (secondary N) is 1. The highest BCUT2D eigenvalue weighted by Gasteiger charge is 2.35. The van der Waals surface area contributed by atoms with Gasteiger partial charge in [0.2, 0.25) is 0 Å². The van der Waals surface area contributed by atoms with Gasteiger partial charge in [0, 0.05) is 25.2 Å². The molecule has 0 spiro atoms. The molecule has 1 fully saturated rings. The first-order valence-corrected chi connectivity index (χ1v) is 12.9. The van der Waals surface area contributed by atoms with Crippen LogP contribution in [0.2, 0.25) is 5.02 Å². The number of piperidine rings is 1. The lowest BCUT2D eigenvalue weighted by Gasteiger charge is -2.32. The summed E-state index contributed by atoms with van der Waals surface area (Å²) in [4.78, 5) is 1.52. The number of sulfonamides is 1. The van der Waals surface area contributed by atoms with Crippen molar-refractivity contribution in [2.75, 3.05) is 24.0 Å². The van der Waals surface area contributed by atoms with Gasteiger partial charge in [-0.1, -0.05) is 23.7 Å². The number of likely N-dealkylation sites (tertiary alicyclic amines) is 1. The molecule has 13 heteroatoms. The minimum Gasteiger partial charge on any atom is -0.493 e. The fourth-order valence-electron chi connectivity index (χ4n) is 3.99. The first-order chi connectivity index (χ1) is 16.3. The summed E-state index contributed by atoms with van der Waals surface area (Å²) in [5, 5.41) is 7.47. The molecule has 0 aromatic heterocycles. The van der Waals surface area contributed by atoms with Crippen molar-refractivity contribution in [3.8, 4) is 5.75 Å². The van der Waals surface area contributed by atoms with Crippen LogP contribution in [0.3, 0.4) is 0 Å². The van der Waals surface area contributed by atoms with Crippen molar-refractivity contribution in [2.45, 2.75) is 43.8 Å². The molecular weight excluding hydrogens is 540 g/mol. The average Bonchev–Trinajstić information content (AvgIpc) is 2.77. The van der Waals surface area contributed by atoms with E-state index in [0.717, 1.165) is 16.4 Å². The van der Waals surface area contributed by atoms with E-state index in [1.54, 1.807) is 24.8 Å². The van der Waals surface area contributed by atoms with Crippen LogP contribution < -0.4 is 14.8 Å². The second-order valence-corrected chi connectivity index (χ2v) is 10.9. The van der Waals surface area contributed by atoms with Crippen LogP contribution in [0.1, 0.15) is 32.3 Å². The molecule has 0 atom stereocenters. The van der Waals surface area contributed by atoms with Gasteiger partial charge in [0.25, 0.3) is 10.0 Å². The van der Waals surface area contributed by atoms with Crippen LogP contribution in [0, 0.1) is 11.3 Å². The molecule has 0 bridgehead atoms. The maximum atomic E-state index is 13.7. The van der Waals surface area contributed by atoms with Gasteiger partial charge in [-0.2, -0.15) is 13.2 Å². The summed E-state index contributed by atoms with van der Waals surface area (Å²) in [7, 11) is -4.27. The Labute approximate surface area is 220 Å². The third-order valence-electron chi connectivity index (χ3n) is 5.76. The molecule has 200 valence electrons. The summed E-state index contributed by atoms with van der Waals surface area (Å²) < 4.78 is 74.7. The number of alkyl halides is 3. The van der Waals surface area contributed by atoms with Crippen LogP contribution in [0.5, 0.6) is 5.75 Å². The number of benzene rings is 2. The number of anilines is 1. The number of rotatable bonds is 7. The fraction of sp³-hybridized carbons (Fsp3) is 0.435. The molecule has 1 aliphatic heterocycles. The predicted octanol–water partition coefficient (Wildman–Crippen LogP) is 5.37. The Morgan fingerprint density at radius 1 is 1.22 bits per heavy atom. The molecular formula is C23H29Cl2F3N4O3S. The SMILES string of the molecule is CC(C)N(c1cc(OCC2CCN(C(=N)N)CC2)cc(C(F)(F)F)c1)S(=O)(=O)c1ccccc1Cl.Cl. The molecule has 0 amide bonds. The first kappa shape index (κ1) is 29.9. The van der Waals surface area contributed by atoms with Gasteiger partial charge >= 0.3 is 6.18 Å². The van der Waals surface area contributed by atoms with E-state index < -0.39 is 27.8 Å². The zero-order valence-corrected chi connectivity index (χ0v) is 22.1. The van der Waals surface area contributed by atoms with Gasteiger partial charge in [0.15, 0.2) is 5.96 Å². The van der Waals surface area contributed by atoms with Gasteiger partial charge in [-0.15, -0.1) is 12.4 Å². The second-order valence-electron chi connectivity index (χ2n) is 8.67. The van der Waals surface area contributed by atoms with Crippen LogP contribution in [-0.2, 0) is 16.2 Å². The van der Waals surface area contributed by atoms with Crippen molar-refractivity contribution in [1.29, 1.82) is 5.41 Å². The van der Waals surface area contributed by atoms with Crippen molar-refractivity contribution in [3.05, 3.63) is 53.1 Å². The molecule has 36 heavy (non-hydrogen) atoms. The lowest BCUT2D eigenvalue weighted by Crippen LogP contribution is -2.43. The fourth-order valence-corrected chi connectivity index (χ4v) is 6.13. The van der Waals surface area contributed by atoms with E-state index >= 15 is 0 Å². The predicted molar refractivity (Wildman–Crippen MR) is 137 cm³/mol. The molecule has 0 saturated carbocycles. The molecule has 0 radical (unpaired) electrons. The van der Waals surface area contributed by atoms with E-state index in [4.69, 9.17) is 27.5 Å². The summed E-state index contributed by atoms with van der Waals surface area (Å²) in [6, 6.07) is 8.04. The number of nitrogens with zero attached hydrogens (tertiary/aromatic N) is 2. The molecule has 2 aromatic carbocycles. The maximum absolute atomic E-state index is 13.7. The second kappa shape index (κ2) is 11.8. The van der Waals surface area contributed by atoms with E-state index in [2.05, 4.69) is 0 Å². The molecule has 7 nitrogen and oxygen atoms in total. The van der Waals surface area contributed by atoms with E-state index in [1.807, 2.05) is 0 Å². The summed E-state index contributed by atoms with van der Waals surface area (Å²) in [5.41, 5.74) is 4.31. The first-order valence-electron chi connectivity index (χ1n) is 11.0. The summed E-state index contributed by atoms with van der Waals surface area (Å²) in [5.74, 6) is -0.0270. The minimum atomic E-state index is -4.71. The van der Waals surface area contributed by atoms with Crippen molar-refractivity contribution < 1.29 is 26.3 Å². The third-order valence-corrected chi connectivity index (χ3v) is 8.26. The van der Waals surface area contributed by atoms with Crippen LogP contribution >= 0.6 is 24.0 Å². The lowest BCUT2D eigenvalue weighted by molar-refractivity contribution is -0.137. The van der Waals surface area contributed by atoms with Crippen molar-refractivity contribution in [2.24, 2.45) is 11.7 Å². The number of hydrogen-bond donors (Lipinski definition) is 2. The Morgan fingerprint density at radius 3 is 2.36 bits per heavy atom. The number of ether oxygens (including phenoxy) is 1. The Kier molecular flexibility index (Phi) is 9.77. The standard InChI is InChI=1S/C23H28ClF3N4O3S.ClH/c1-15(2)31(35(32,33)21-6-4-3-5-20(21)24)18-11-17(23(25,26)27)12-19(13-18)34-14-16-7-9-30(10-8-16)22(28)29;/h3-6,11-13,15-16H,7-10,14H2,1-2H3,(H3,28,29);1H. The number of nitrogens with two attached hydrogens (primary N) is 1. The minimum absolute atomic E-state index is 0. The lowest BCUT2D eigenvalue weighted by atomic mass is 9.98. The zero-order chi connectivity index (χ0) is 26.0. The highest BCUT2D eigenvalue weighted by atomic mass is 35.5. The van der Waals surface area contributed by atoms with E-state index in [-0.39, 0.29) is 52.2 Å². The number of guanidine groups is 1. The van der Waals surface area contributed by atoms with Crippen molar-refractivity contribution in [3.63, 3.8) is 0 Å². The van der Waals surface area contributed by atoms with Crippen LogP contribution in [0.15, 0.2) is 47.4 Å². The molecule has 2 aromatic rings. The quantitative estimate of drug-likeness (QED) is 0.345. The number of hydrogen-bond acceptors (Lipinski definition) is 4. The van der Waals surface area contributed by atoms with Crippen LogP contribution in [-0.4, -0.2) is 45.0 Å². The largest absolute Gasteiger partial charge is 0.493 e. The molecule has 0 unspecified atom stereocenters. The van der Waals surface area contributed by atoms with E-state index in [9.17, 15) is 21.6 Å². The molecule has 3 N–H and O–H groups in total. The molecule has 3 rings (SSSR count).